The van der Waals surface area contributed by atoms with Gasteiger partial charge in [0.1, 0.15) is 11.2 Å². The Balaban J connectivity index is 2.38. The van der Waals surface area contributed by atoms with Gasteiger partial charge in [0.05, 0.1) is 4.92 Å². The van der Waals surface area contributed by atoms with Crippen LogP contribution in [0.2, 0.25) is 0 Å². The van der Waals surface area contributed by atoms with E-state index in [1.165, 1.54) is 0 Å². The fourth-order valence-electron chi connectivity index (χ4n) is 1.74. The van der Waals surface area contributed by atoms with Crippen LogP contribution in [0.5, 0.6) is 0 Å². The number of nitrogens with two attached hydrogens (primary N) is 2. The van der Waals surface area contributed by atoms with Crippen LogP contribution < -0.4 is 11.5 Å². The van der Waals surface area contributed by atoms with E-state index in [4.69, 9.17) is 11.5 Å². The summed E-state index contributed by atoms with van der Waals surface area (Å²) in [6.45, 7) is 0. The monoisotopic (exact) mass is 292 g/mol. The van der Waals surface area contributed by atoms with E-state index >= 15 is 0 Å². The molecule has 0 aliphatic rings. The third-order valence-corrected chi connectivity index (χ3v) is 3.95. The van der Waals surface area contributed by atoms with Gasteiger partial charge in [0.25, 0.3) is 0 Å². The van der Waals surface area contributed by atoms with Crippen LogP contribution in [0.25, 0.3) is 0 Å². The van der Waals surface area contributed by atoms with Crippen LogP contribution in [-0.2, 0) is 16.8 Å². The molecule has 8 heteroatoms. The first-order chi connectivity index (χ1) is 9.43. The van der Waals surface area contributed by atoms with Crippen LogP contribution in [0.15, 0.2) is 36.5 Å². The van der Waals surface area contributed by atoms with Crippen molar-refractivity contribution in [3.63, 3.8) is 0 Å². The molecule has 0 aliphatic heterocycles. The summed E-state index contributed by atoms with van der Waals surface area (Å²) < 4.78 is 0. The van der Waals surface area contributed by atoms with E-state index in [1.54, 1.807) is 24.3 Å². The van der Waals surface area contributed by atoms with E-state index in [1.807, 2.05) is 6.07 Å². The molecule has 0 spiro atoms. The standard InChI is InChI=1S/C12H12N4O3S/c13-10(17)12(14,6-8-4-2-1-3-5-8)11-15-7-9(20-11)16(18)19/h1-5,7H,6,14H2,(H2,13,17)/t12-/m0/s1. The van der Waals surface area contributed by atoms with Crippen molar-refractivity contribution < 1.29 is 9.72 Å². The topological polar surface area (TPSA) is 125 Å². The van der Waals surface area contributed by atoms with E-state index in [-0.39, 0.29) is 16.4 Å². The van der Waals surface area contributed by atoms with Gasteiger partial charge in [-0.1, -0.05) is 30.3 Å². The molecular weight excluding hydrogens is 280 g/mol. The number of nitrogens with zero attached hydrogens (tertiary/aromatic N) is 2. The average molecular weight is 292 g/mol. The third-order valence-electron chi connectivity index (χ3n) is 2.82. The number of carbonyl (C=O) groups is 1. The van der Waals surface area contributed by atoms with Crippen LogP contribution in [0.3, 0.4) is 0 Å². The van der Waals surface area contributed by atoms with Gasteiger partial charge in [0, 0.05) is 6.42 Å². The molecule has 104 valence electrons. The Bertz CT molecular complexity index is 643. The Hall–Kier alpha value is -2.32. The summed E-state index contributed by atoms with van der Waals surface area (Å²) >= 11 is 0.759. The van der Waals surface area contributed by atoms with E-state index in [2.05, 4.69) is 4.98 Å². The van der Waals surface area contributed by atoms with Crippen molar-refractivity contribution in [3.8, 4) is 0 Å². The summed E-state index contributed by atoms with van der Waals surface area (Å²) in [6.07, 6.45) is 1.21. The number of benzene rings is 1. The molecule has 1 aromatic carbocycles. The van der Waals surface area contributed by atoms with Gasteiger partial charge in [-0.15, -0.1) is 0 Å². The number of hydrogen-bond donors (Lipinski definition) is 2. The van der Waals surface area contributed by atoms with E-state index < -0.39 is 16.4 Å². The number of carbonyl (C=O) groups excluding carboxylic acids is 1. The molecule has 2 rings (SSSR count). The molecule has 0 radical (unpaired) electrons. The fourth-order valence-corrected chi connectivity index (χ4v) is 2.58. The van der Waals surface area contributed by atoms with Crippen LogP contribution in [0.1, 0.15) is 10.6 Å². The smallest absolute Gasteiger partial charge is 0.344 e. The fraction of sp³-hybridized carbons (Fsp3) is 0.167. The molecule has 1 heterocycles. The average Bonchev–Trinajstić information content (AvgIpc) is 2.89. The molecule has 1 amide bonds. The summed E-state index contributed by atoms with van der Waals surface area (Å²) in [5, 5.41) is 10.7. The van der Waals surface area contributed by atoms with Gasteiger partial charge in [0.2, 0.25) is 5.91 Å². The van der Waals surface area contributed by atoms with Crippen molar-refractivity contribution in [2.45, 2.75) is 12.0 Å². The lowest BCUT2D eigenvalue weighted by molar-refractivity contribution is -0.380. The largest absolute Gasteiger partial charge is 0.368 e. The Labute approximate surface area is 118 Å². The van der Waals surface area contributed by atoms with Crippen molar-refractivity contribution >= 4 is 22.2 Å². The molecule has 4 N–H and O–H groups in total. The molecule has 20 heavy (non-hydrogen) atoms. The second-order valence-corrected chi connectivity index (χ2v) is 5.27. The predicted molar refractivity (Wildman–Crippen MR) is 74.0 cm³/mol. The van der Waals surface area contributed by atoms with Crippen molar-refractivity contribution in [1.82, 2.24) is 4.98 Å². The van der Waals surface area contributed by atoms with Gasteiger partial charge < -0.3 is 11.5 Å². The van der Waals surface area contributed by atoms with Crippen LogP contribution >= 0.6 is 11.3 Å². The molecular formula is C12H12N4O3S. The highest BCUT2D eigenvalue weighted by Crippen LogP contribution is 2.30. The molecule has 7 nitrogen and oxygen atoms in total. The molecule has 0 saturated heterocycles. The summed E-state index contributed by atoms with van der Waals surface area (Å²) in [4.78, 5) is 25.7. The minimum Gasteiger partial charge on any atom is -0.368 e. The number of aromatic nitrogens is 1. The highest BCUT2D eigenvalue weighted by atomic mass is 32.1. The van der Waals surface area contributed by atoms with Gasteiger partial charge in [-0.25, -0.2) is 4.98 Å². The first-order valence-corrected chi connectivity index (χ1v) is 6.48. The van der Waals surface area contributed by atoms with Crippen molar-refractivity contribution in [2.75, 3.05) is 0 Å². The number of primary amides is 1. The maximum Gasteiger partial charge on any atom is 0.344 e. The Kier molecular flexibility index (Phi) is 3.77. The Morgan fingerprint density at radius 3 is 2.55 bits per heavy atom. The maximum atomic E-state index is 11.7. The number of nitro groups is 1. The van der Waals surface area contributed by atoms with Gasteiger partial charge >= 0.3 is 5.00 Å². The van der Waals surface area contributed by atoms with Gasteiger partial charge in [-0.2, -0.15) is 0 Å². The second kappa shape index (κ2) is 5.35. The predicted octanol–water partition coefficient (Wildman–Crippen LogP) is 0.933. The van der Waals surface area contributed by atoms with Gasteiger partial charge in [0.15, 0.2) is 5.54 Å². The minimum atomic E-state index is -1.56. The molecule has 0 unspecified atom stereocenters. The van der Waals surface area contributed by atoms with Gasteiger partial charge in [-0.05, 0) is 16.9 Å². The lowest BCUT2D eigenvalue weighted by Gasteiger charge is -2.23. The molecule has 1 atom stereocenters. The second-order valence-electron chi connectivity index (χ2n) is 4.26. The molecule has 1 aromatic heterocycles. The maximum absolute atomic E-state index is 11.7. The van der Waals surface area contributed by atoms with Crippen molar-refractivity contribution in [1.29, 1.82) is 0 Å². The zero-order valence-corrected chi connectivity index (χ0v) is 11.2. The van der Waals surface area contributed by atoms with Gasteiger partial charge in [-0.3, -0.25) is 14.9 Å². The van der Waals surface area contributed by atoms with Crippen molar-refractivity contribution in [2.24, 2.45) is 11.5 Å². The highest BCUT2D eigenvalue weighted by Gasteiger charge is 2.38. The quantitative estimate of drug-likeness (QED) is 0.626. The number of thiazole rings is 1. The Morgan fingerprint density at radius 1 is 1.40 bits per heavy atom. The summed E-state index contributed by atoms with van der Waals surface area (Å²) in [7, 11) is 0. The lowest BCUT2D eigenvalue weighted by Crippen LogP contribution is -2.50. The van der Waals surface area contributed by atoms with Crippen molar-refractivity contribution in [3.05, 3.63) is 57.2 Å². The van der Waals surface area contributed by atoms with E-state index in [0.717, 1.165) is 23.1 Å². The molecule has 0 fully saturated rings. The molecule has 0 aliphatic carbocycles. The van der Waals surface area contributed by atoms with E-state index in [0.29, 0.717) is 0 Å². The summed E-state index contributed by atoms with van der Waals surface area (Å²) in [5.74, 6) is -0.773. The van der Waals surface area contributed by atoms with Crippen LogP contribution in [0, 0.1) is 10.1 Å². The van der Waals surface area contributed by atoms with Crippen LogP contribution in [-0.4, -0.2) is 15.8 Å². The number of hydrogen-bond acceptors (Lipinski definition) is 6. The lowest BCUT2D eigenvalue weighted by atomic mass is 9.92. The molecule has 2 aromatic rings. The molecule has 0 bridgehead atoms. The third kappa shape index (κ3) is 2.65. The Morgan fingerprint density at radius 2 is 2.05 bits per heavy atom. The zero-order chi connectivity index (χ0) is 14.8. The van der Waals surface area contributed by atoms with E-state index in [9.17, 15) is 14.9 Å². The zero-order valence-electron chi connectivity index (χ0n) is 10.4. The number of rotatable bonds is 5. The normalized spacial score (nSPS) is 13.7. The minimum absolute atomic E-state index is 0.133. The summed E-state index contributed by atoms with van der Waals surface area (Å²) in [6, 6.07) is 9.04. The molecule has 0 saturated carbocycles. The van der Waals surface area contributed by atoms with Crippen LogP contribution in [0.4, 0.5) is 5.00 Å². The SMILES string of the molecule is NC(=O)[C@@](N)(Cc1ccccc1)c1ncc([N+](=O)[O-])s1. The summed E-state index contributed by atoms with van der Waals surface area (Å²) in [5.41, 5.74) is 10.7. The first-order valence-electron chi connectivity index (χ1n) is 5.67. The number of amides is 1. The highest BCUT2D eigenvalue weighted by molar-refractivity contribution is 7.15. The first kappa shape index (κ1) is 14.1.